The highest BCUT2D eigenvalue weighted by Gasteiger charge is 2.24. The van der Waals surface area contributed by atoms with E-state index in [4.69, 9.17) is 4.74 Å². The van der Waals surface area contributed by atoms with Crippen LogP contribution in [-0.2, 0) is 4.74 Å². The van der Waals surface area contributed by atoms with Crippen LogP contribution < -0.4 is 5.32 Å². The molecule has 2 N–H and O–H groups in total. The first kappa shape index (κ1) is 18.4. The summed E-state index contributed by atoms with van der Waals surface area (Å²) >= 11 is 0. The predicted octanol–water partition coefficient (Wildman–Crippen LogP) is 2.64. The molecule has 0 bridgehead atoms. The molecule has 6 heteroatoms. The smallest absolute Gasteiger partial charge is 0.255 e. The van der Waals surface area contributed by atoms with Crippen molar-refractivity contribution < 1.29 is 19.0 Å². The monoisotopic (exact) mass is 358 g/mol. The standard InChI is InChI=1S/C20H23FN2O3/c1-14-2-7-19(24)17(12-14)20(25)22-13-18(23-8-10-26-11-9-23)15-3-5-16(21)6-4-15/h2-7,12,18,24H,8-11,13H2,1H3,(H,22,25)/t18-/m0/s1. The SMILES string of the molecule is Cc1ccc(O)c(C(=O)NC[C@@H](c2ccc(F)cc2)N2CCOCC2)c1. The van der Waals surface area contributed by atoms with Gasteiger partial charge in [0.15, 0.2) is 0 Å². The molecule has 2 aromatic carbocycles. The molecule has 2 aromatic rings. The van der Waals surface area contributed by atoms with Gasteiger partial charge in [-0.2, -0.15) is 0 Å². The highest BCUT2D eigenvalue weighted by Crippen LogP contribution is 2.23. The van der Waals surface area contributed by atoms with Crippen LogP contribution in [0.15, 0.2) is 42.5 Å². The molecule has 0 radical (unpaired) electrons. The lowest BCUT2D eigenvalue weighted by atomic mass is 10.0. The molecule has 0 saturated carbocycles. The molecular weight excluding hydrogens is 335 g/mol. The first-order chi connectivity index (χ1) is 12.5. The molecular formula is C20H23FN2O3. The summed E-state index contributed by atoms with van der Waals surface area (Å²) in [4.78, 5) is 14.7. The Morgan fingerprint density at radius 3 is 2.62 bits per heavy atom. The van der Waals surface area contributed by atoms with E-state index in [9.17, 15) is 14.3 Å². The van der Waals surface area contributed by atoms with E-state index in [1.54, 1.807) is 24.3 Å². The number of benzene rings is 2. The van der Waals surface area contributed by atoms with Crippen molar-refractivity contribution >= 4 is 5.91 Å². The highest BCUT2D eigenvalue weighted by atomic mass is 19.1. The molecule has 0 aromatic heterocycles. The Kier molecular flexibility index (Phi) is 5.85. The Labute approximate surface area is 152 Å². The van der Waals surface area contributed by atoms with Gasteiger partial charge in [-0.25, -0.2) is 4.39 Å². The molecule has 1 saturated heterocycles. The number of aromatic hydroxyl groups is 1. The Balaban J connectivity index is 1.75. The van der Waals surface area contributed by atoms with E-state index in [1.165, 1.54) is 18.2 Å². The number of amides is 1. The lowest BCUT2D eigenvalue weighted by molar-refractivity contribution is 0.0162. The van der Waals surface area contributed by atoms with Crippen molar-refractivity contribution in [3.63, 3.8) is 0 Å². The topological polar surface area (TPSA) is 61.8 Å². The van der Waals surface area contributed by atoms with Crippen LogP contribution in [0.4, 0.5) is 4.39 Å². The molecule has 1 heterocycles. The zero-order valence-electron chi connectivity index (χ0n) is 14.7. The number of nitrogens with zero attached hydrogens (tertiary/aromatic N) is 1. The van der Waals surface area contributed by atoms with Crippen molar-refractivity contribution in [2.45, 2.75) is 13.0 Å². The van der Waals surface area contributed by atoms with Crippen LogP contribution in [0.2, 0.25) is 0 Å². The minimum atomic E-state index is -0.327. The average Bonchev–Trinajstić information content (AvgIpc) is 2.66. The van der Waals surface area contributed by atoms with Crippen LogP contribution in [0, 0.1) is 12.7 Å². The first-order valence-corrected chi connectivity index (χ1v) is 8.69. The molecule has 0 unspecified atom stereocenters. The number of nitrogens with one attached hydrogen (secondary N) is 1. The number of carbonyl (C=O) groups excluding carboxylic acids is 1. The maximum absolute atomic E-state index is 13.3. The summed E-state index contributed by atoms with van der Waals surface area (Å²) in [5.41, 5.74) is 2.09. The molecule has 0 aliphatic carbocycles. The number of halogens is 1. The summed E-state index contributed by atoms with van der Waals surface area (Å²) in [6, 6.07) is 11.2. The average molecular weight is 358 g/mol. The second kappa shape index (κ2) is 8.29. The van der Waals surface area contributed by atoms with E-state index in [2.05, 4.69) is 10.2 Å². The Hall–Kier alpha value is -2.44. The molecule has 0 spiro atoms. The Morgan fingerprint density at radius 2 is 1.92 bits per heavy atom. The first-order valence-electron chi connectivity index (χ1n) is 8.69. The van der Waals surface area contributed by atoms with Crippen LogP contribution >= 0.6 is 0 Å². The number of aryl methyl sites for hydroxylation is 1. The number of hydrogen-bond donors (Lipinski definition) is 2. The third kappa shape index (κ3) is 4.39. The normalized spacial score (nSPS) is 16.2. The molecule has 1 aliphatic rings. The highest BCUT2D eigenvalue weighted by molar-refractivity contribution is 5.97. The molecule has 26 heavy (non-hydrogen) atoms. The number of carbonyl (C=O) groups is 1. The summed E-state index contributed by atoms with van der Waals surface area (Å²) in [5, 5.41) is 12.8. The van der Waals surface area contributed by atoms with Gasteiger partial charge in [-0.1, -0.05) is 23.8 Å². The Bertz CT molecular complexity index is 758. The van der Waals surface area contributed by atoms with Gasteiger partial charge in [0.1, 0.15) is 11.6 Å². The summed E-state index contributed by atoms with van der Waals surface area (Å²) in [6.45, 7) is 4.97. The van der Waals surface area contributed by atoms with Crippen LogP contribution in [0.1, 0.15) is 27.5 Å². The minimum Gasteiger partial charge on any atom is -0.507 e. The summed E-state index contributed by atoms with van der Waals surface area (Å²) in [6.07, 6.45) is 0. The number of rotatable bonds is 5. The van der Waals surface area contributed by atoms with E-state index in [1.807, 2.05) is 6.92 Å². The van der Waals surface area contributed by atoms with Crippen LogP contribution in [0.5, 0.6) is 5.75 Å². The number of ether oxygens (including phenoxy) is 1. The summed E-state index contributed by atoms with van der Waals surface area (Å²) in [7, 11) is 0. The fourth-order valence-corrected chi connectivity index (χ4v) is 3.15. The number of hydrogen-bond acceptors (Lipinski definition) is 4. The second-order valence-electron chi connectivity index (χ2n) is 6.45. The largest absolute Gasteiger partial charge is 0.507 e. The van der Waals surface area contributed by atoms with Gasteiger partial charge < -0.3 is 15.2 Å². The molecule has 3 rings (SSSR count). The third-order valence-corrected chi connectivity index (χ3v) is 4.59. The fourth-order valence-electron chi connectivity index (χ4n) is 3.15. The number of morpholine rings is 1. The molecule has 138 valence electrons. The Morgan fingerprint density at radius 1 is 1.23 bits per heavy atom. The van der Waals surface area contributed by atoms with Gasteiger partial charge in [0, 0.05) is 19.6 Å². The van der Waals surface area contributed by atoms with E-state index in [0.717, 1.165) is 24.2 Å². The molecule has 5 nitrogen and oxygen atoms in total. The van der Waals surface area contributed by atoms with Gasteiger partial charge in [0.05, 0.1) is 24.8 Å². The van der Waals surface area contributed by atoms with Crippen LogP contribution in [-0.4, -0.2) is 48.8 Å². The van der Waals surface area contributed by atoms with Crippen LogP contribution in [0.25, 0.3) is 0 Å². The third-order valence-electron chi connectivity index (χ3n) is 4.59. The van der Waals surface area contributed by atoms with E-state index in [-0.39, 0.29) is 29.1 Å². The van der Waals surface area contributed by atoms with Crippen molar-refractivity contribution in [1.82, 2.24) is 10.2 Å². The van der Waals surface area contributed by atoms with E-state index < -0.39 is 0 Å². The molecule has 1 amide bonds. The fraction of sp³-hybridized carbons (Fsp3) is 0.350. The van der Waals surface area contributed by atoms with Gasteiger partial charge in [-0.15, -0.1) is 0 Å². The second-order valence-corrected chi connectivity index (χ2v) is 6.45. The van der Waals surface area contributed by atoms with Gasteiger partial charge in [-0.3, -0.25) is 9.69 Å². The van der Waals surface area contributed by atoms with Gasteiger partial charge in [0.2, 0.25) is 0 Å². The minimum absolute atomic E-state index is 0.0437. The van der Waals surface area contributed by atoms with Crippen molar-refractivity contribution in [3.8, 4) is 5.75 Å². The number of phenols is 1. The molecule has 1 fully saturated rings. The molecule has 1 atom stereocenters. The summed E-state index contributed by atoms with van der Waals surface area (Å²) in [5.74, 6) is -0.660. The van der Waals surface area contributed by atoms with Gasteiger partial charge in [-0.05, 0) is 36.8 Å². The maximum Gasteiger partial charge on any atom is 0.255 e. The van der Waals surface area contributed by atoms with E-state index in [0.29, 0.717) is 19.8 Å². The van der Waals surface area contributed by atoms with Crippen molar-refractivity contribution in [1.29, 1.82) is 0 Å². The lowest BCUT2D eigenvalue weighted by Gasteiger charge is -2.35. The maximum atomic E-state index is 13.3. The van der Waals surface area contributed by atoms with Crippen molar-refractivity contribution in [3.05, 3.63) is 65.0 Å². The number of phenolic OH excluding ortho intramolecular Hbond substituents is 1. The molecule has 1 aliphatic heterocycles. The van der Waals surface area contributed by atoms with Crippen molar-refractivity contribution in [2.24, 2.45) is 0 Å². The zero-order chi connectivity index (χ0) is 18.5. The zero-order valence-corrected chi connectivity index (χ0v) is 14.7. The summed E-state index contributed by atoms with van der Waals surface area (Å²) < 4.78 is 18.7. The van der Waals surface area contributed by atoms with Gasteiger partial charge >= 0.3 is 0 Å². The van der Waals surface area contributed by atoms with Gasteiger partial charge in [0.25, 0.3) is 5.91 Å². The van der Waals surface area contributed by atoms with Crippen LogP contribution in [0.3, 0.4) is 0 Å². The van der Waals surface area contributed by atoms with E-state index >= 15 is 0 Å². The van der Waals surface area contributed by atoms with Crippen molar-refractivity contribution in [2.75, 3.05) is 32.8 Å². The quantitative estimate of drug-likeness (QED) is 0.863. The predicted molar refractivity (Wildman–Crippen MR) is 96.7 cm³/mol. The lowest BCUT2D eigenvalue weighted by Crippen LogP contribution is -2.43.